The smallest absolute Gasteiger partial charge is 0.300 e. The fourth-order valence-electron chi connectivity index (χ4n) is 0.830. The zero-order valence-electron chi connectivity index (χ0n) is 9.52. The zero-order valence-corrected chi connectivity index (χ0v) is 9.52. The van der Waals surface area contributed by atoms with Crippen molar-refractivity contribution in [2.24, 2.45) is 5.73 Å². The maximum atomic E-state index is 10.6. The van der Waals surface area contributed by atoms with Gasteiger partial charge in [0.15, 0.2) is 0 Å². The van der Waals surface area contributed by atoms with Gasteiger partial charge in [-0.25, -0.2) is 0 Å². The van der Waals surface area contributed by atoms with Crippen molar-refractivity contribution in [3.05, 3.63) is 24.0 Å². The van der Waals surface area contributed by atoms with Gasteiger partial charge < -0.3 is 16.2 Å². The lowest BCUT2D eigenvalue weighted by Gasteiger charge is -2.01. The Morgan fingerprint density at radius 3 is 2.24 bits per heavy atom. The summed E-state index contributed by atoms with van der Waals surface area (Å²) in [5.41, 5.74) is 6.19. The Labute approximate surface area is 98.2 Å². The first-order valence-corrected chi connectivity index (χ1v) is 4.60. The van der Waals surface area contributed by atoms with Gasteiger partial charge >= 0.3 is 0 Å². The maximum absolute atomic E-state index is 10.6. The molecular weight excluding hydrogens is 224 g/mol. The van der Waals surface area contributed by atoms with E-state index in [-0.39, 0.29) is 11.7 Å². The van der Waals surface area contributed by atoms with E-state index < -0.39 is 5.97 Å². The second-order valence-electron chi connectivity index (χ2n) is 3.05. The normalized spacial score (nSPS) is 8.59. The highest BCUT2D eigenvalue weighted by atomic mass is 16.4. The van der Waals surface area contributed by atoms with Crippen LogP contribution in [0.5, 0.6) is 0 Å². The van der Waals surface area contributed by atoms with Gasteiger partial charge in [0.05, 0.1) is 11.9 Å². The van der Waals surface area contributed by atoms with Crippen LogP contribution < -0.4 is 11.1 Å². The predicted octanol–water partition coefficient (Wildman–Crippen LogP) is 0.415. The molecule has 0 fully saturated rings. The summed E-state index contributed by atoms with van der Waals surface area (Å²) in [6.07, 6.45) is 1.46. The lowest BCUT2D eigenvalue weighted by atomic mass is 10.3. The van der Waals surface area contributed by atoms with Gasteiger partial charge in [0.2, 0.25) is 5.91 Å². The number of aliphatic carboxylic acids is 1. The first-order valence-electron chi connectivity index (χ1n) is 4.60. The van der Waals surface area contributed by atoms with E-state index in [1.165, 1.54) is 13.1 Å². The Morgan fingerprint density at radius 1 is 1.41 bits per heavy atom. The number of pyridine rings is 1. The quantitative estimate of drug-likeness (QED) is 0.438. The summed E-state index contributed by atoms with van der Waals surface area (Å²) in [4.78, 5) is 23.5. The van der Waals surface area contributed by atoms with Crippen LogP contribution in [-0.2, 0) is 9.59 Å². The Hall–Kier alpha value is -2.44. The van der Waals surface area contributed by atoms with Gasteiger partial charge in [0, 0.05) is 13.8 Å². The third-order valence-corrected chi connectivity index (χ3v) is 1.36. The van der Waals surface area contributed by atoms with Gasteiger partial charge in [-0.2, -0.15) is 0 Å². The Kier molecular flexibility index (Phi) is 5.94. The van der Waals surface area contributed by atoms with E-state index in [1.807, 2.05) is 0 Å². The molecule has 0 radical (unpaired) electrons. The second-order valence-corrected chi connectivity index (χ2v) is 3.05. The molecule has 1 aromatic rings. The monoisotopic (exact) mass is 238 g/mol. The van der Waals surface area contributed by atoms with Crippen LogP contribution in [0.3, 0.4) is 0 Å². The third-order valence-electron chi connectivity index (χ3n) is 1.36. The molecule has 0 spiro atoms. The van der Waals surface area contributed by atoms with Crippen LogP contribution >= 0.6 is 0 Å². The highest BCUT2D eigenvalue weighted by Crippen LogP contribution is 2.04. The molecule has 0 bridgehead atoms. The van der Waals surface area contributed by atoms with E-state index in [9.17, 15) is 4.79 Å². The van der Waals surface area contributed by atoms with Crippen molar-refractivity contribution in [3.63, 3.8) is 0 Å². The number of aromatic nitrogens is 1. The van der Waals surface area contributed by atoms with Crippen LogP contribution in [0.1, 0.15) is 19.5 Å². The fourth-order valence-corrected chi connectivity index (χ4v) is 0.830. The van der Waals surface area contributed by atoms with Crippen molar-refractivity contribution in [1.29, 1.82) is 5.41 Å². The van der Waals surface area contributed by atoms with Gasteiger partial charge in [-0.1, -0.05) is 0 Å². The lowest BCUT2D eigenvalue weighted by molar-refractivity contribution is -0.134. The topological polar surface area (TPSA) is 129 Å². The molecule has 7 nitrogen and oxygen atoms in total. The van der Waals surface area contributed by atoms with Crippen molar-refractivity contribution in [2.75, 3.05) is 5.32 Å². The molecule has 0 aliphatic heterocycles. The number of amidine groups is 1. The molecule has 92 valence electrons. The number of anilines is 1. The molecule has 0 saturated heterocycles. The zero-order chi connectivity index (χ0) is 13.4. The molecule has 0 aromatic carbocycles. The van der Waals surface area contributed by atoms with Gasteiger partial charge in [0.25, 0.3) is 5.97 Å². The minimum Gasteiger partial charge on any atom is -0.481 e. The van der Waals surface area contributed by atoms with Gasteiger partial charge in [-0.05, 0) is 12.1 Å². The highest BCUT2D eigenvalue weighted by Gasteiger charge is 1.98. The van der Waals surface area contributed by atoms with Crippen LogP contribution in [0.2, 0.25) is 0 Å². The summed E-state index contributed by atoms with van der Waals surface area (Å²) in [5.74, 6) is -1.08. The minimum absolute atomic E-state index is 0.0885. The summed E-state index contributed by atoms with van der Waals surface area (Å²) < 4.78 is 0. The first kappa shape index (κ1) is 14.6. The number of nitrogen functional groups attached to an aromatic ring is 1. The second kappa shape index (κ2) is 6.94. The van der Waals surface area contributed by atoms with Crippen LogP contribution in [0.4, 0.5) is 5.69 Å². The lowest BCUT2D eigenvalue weighted by Crippen LogP contribution is -2.13. The average molecular weight is 238 g/mol. The standard InChI is InChI=1S/C8H10N4O.C2H4O2/c1-5(13)12-6-2-3-7(8(9)10)11-4-6;1-2(3)4/h2-4H,1H3,(H3,9,10)(H,12,13);1H3,(H,3,4). The number of nitrogens with zero attached hydrogens (tertiary/aromatic N) is 1. The van der Waals surface area contributed by atoms with Crippen LogP contribution in [0.25, 0.3) is 0 Å². The molecule has 1 rings (SSSR count). The van der Waals surface area contributed by atoms with Crippen molar-refractivity contribution < 1.29 is 14.7 Å². The van der Waals surface area contributed by atoms with E-state index in [0.29, 0.717) is 11.4 Å². The Morgan fingerprint density at radius 2 is 1.94 bits per heavy atom. The molecule has 0 aliphatic carbocycles. The molecule has 0 aliphatic rings. The number of nitrogens with two attached hydrogens (primary N) is 1. The number of carbonyl (C=O) groups is 2. The molecule has 1 amide bonds. The summed E-state index contributed by atoms with van der Waals surface area (Å²) in [6, 6.07) is 3.22. The molecular formula is C10H14N4O3. The first-order chi connectivity index (χ1) is 7.82. The van der Waals surface area contributed by atoms with Crippen LogP contribution in [-0.4, -0.2) is 27.8 Å². The molecule has 1 heterocycles. The molecule has 0 saturated carbocycles. The summed E-state index contributed by atoms with van der Waals surface area (Å²) >= 11 is 0. The summed E-state index contributed by atoms with van der Waals surface area (Å²) in [5, 5.41) is 17.1. The van der Waals surface area contributed by atoms with Crippen molar-refractivity contribution in [1.82, 2.24) is 4.98 Å². The van der Waals surface area contributed by atoms with Crippen molar-refractivity contribution in [3.8, 4) is 0 Å². The van der Waals surface area contributed by atoms with Gasteiger partial charge in [-0.3, -0.25) is 20.0 Å². The predicted molar refractivity (Wildman–Crippen MR) is 62.9 cm³/mol. The van der Waals surface area contributed by atoms with Crippen molar-refractivity contribution >= 4 is 23.4 Å². The number of hydrogen-bond donors (Lipinski definition) is 4. The highest BCUT2D eigenvalue weighted by molar-refractivity contribution is 5.93. The number of amides is 1. The number of carboxylic acid groups (broad SMARTS) is 1. The summed E-state index contributed by atoms with van der Waals surface area (Å²) in [6.45, 7) is 2.50. The van der Waals surface area contributed by atoms with Crippen molar-refractivity contribution in [2.45, 2.75) is 13.8 Å². The number of carboxylic acids is 1. The number of nitrogens with one attached hydrogen (secondary N) is 2. The van der Waals surface area contributed by atoms with E-state index in [1.54, 1.807) is 12.1 Å². The largest absolute Gasteiger partial charge is 0.481 e. The molecule has 17 heavy (non-hydrogen) atoms. The maximum Gasteiger partial charge on any atom is 0.300 e. The number of hydrogen-bond acceptors (Lipinski definition) is 4. The van der Waals surface area contributed by atoms with Gasteiger partial charge in [0.1, 0.15) is 11.5 Å². The fraction of sp³-hybridized carbons (Fsp3) is 0.200. The van der Waals surface area contributed by atoms with Crippen LogP contribution in [0, 0.1) is 5.41 Å². The van der Waals surface area contributed by atoms with Gasteiger partial charge in [-0.15, -0.1) is 0 Å². The SMILES string of the molecule is CC(=O)Nc1ccc(C(=N)N)nc1.CC(=O)O. The Balaban J connectivity index is 0.000000557. The molecule has 1 aromatic heterocycles. The van der Waals surface area contributed by atoms with E-state index in [2.05, 4.69) is 10.3 Å². The van der Waals surface area contributed by atoms with E-state index in [0.717, 1.165) is 6.92 Å². The van der Waals surface area contributed by atoms with E-state index >= 15 is 0 Å². The molecule has 0 atom stereocenters. The molecule has 0 unspecified atom stereocenters. The third kappa shape index (κ3) is 7.48. The average Bonchev–Trinajstić information content (AvgIpc) is 2.16. The molecule has 7 heteroatoms. The van der Waals surface area contributed by atoms with Crippen LogP contribution in [0.15, 0.2) is 18.3 Å². The Bertz CT molecular complexity index is 410. The molecule has 5 N–H and O–H groups in total. The number of rotatable bonds is 2. The van der Waals surface area contributed by atoms with E-state index in [4.69, 9.17) is 21.0 Å². The minimum atomic E-state index is -0.833. The summed E-state index contributed by atoms with van der Waals surface area (Å²) in [7, 11) is 0. The number of carbonyl (C=O) groups excluding carboxylic acids is 1.